The Morgan fingerprint density at radius 2 is 2.18 bits per heavy atom. The average Bonchev–Trinajstić information content (AvgIpc) is 2.24. The molecule has 0 aliphatic rings. The van der Waals surface area contributed by atoms with Gasteiger partial charge in [0, 0.05) is 17.1 Å². The van der Waals surface area contributed by atoms with E-state index >= 15 is 0 Å². The largest absolute Gasteiger partial charge is 0.491 e. The Hall–Kier alpha value is -0.700. The Morgan fingerprint density at radius 1 is 1.47 bits per heavy atom. The lowest BCUT2D eigenvalue weighted by Gasteiger charge is -2.07. The summed E-state index contributed by atoms with van der Waals surface area (Å²) in [6, 6.07) is 4.36. The zero-order chi connectivity index (χ0) is 12.9. The smallest absolute Gasteiger partial charge is 0.261 e. The molecule has 0 aromatic heterocycles. The van der Waals surface area contributed by atoms with Gasteiger partial charge in [0.15, 0.2) is 0 Å². The minimum Gasteiger partial charge on any atom is -0.491 e. The highest BCUT2D eigenvalue weighted by Gasteiger charge is 2.12. The van der Waals surface area contributed by atoms with Crippen LogP contribution in [0.15, 0.2) is 27.6 Å². The molecule has 1 rings (SSSR count). The molecule has 0 bridgehead atoms. The van der Waals surface area contributed by atoms with Crippen LogP contribution in [0.25, 0.3) is 0 Å². The van der Waals surface area contributed by atoms with E-state index < -0.39 is 9.05 Å². The first-order valence-electron chi connectivity index (χ1n) is 4.72. The first-order valence-corrected chi connectivity index (χ1v) is 7.82. The molecule has 0 saturated carbocycles. The van der Waals surface area contributed by atoms with Crippen LogP contribution in [0.1, 0.15) is 13.3 Å². The second kappa shape index (κ2) is 6.29. The highest BCUT2D eigenvalue weighted by Crippen LogP contribution is 2.29. The number of benzene rings is 1. The first kappa shape index (κ1) is 14.4. The van der Waals surface area contributed by atoms with Gasteiger partial charge < -0.3 is 4.74 Å². The quantitative estimate of drug-likeness (QED) is 0.481. The minimum atomic E-state index is -3.71. The third kappa shape index (κ3) is 4.58. The number of rotatable bonds is 4. The van der Waals surface area contributed by atoms with E-state index in [0.29, 0.717) is 23.2 Å². The highest BCUT2D eigenvalue weighted by molar-refractivity contribution is 9.10. The van der Waals surface area contributed by atoms with Crippen molar-refractivity contribution in [3.8, 4) is 17.6 Å². The number of halogens is 2. The van der Waals surface area contributed by atoms with Crippen LogP contribution < -0.4 is 4.74 Å². The van der Waals surface area contributed by atoms with E-state index in [4.69, 9.17) is 15.4 Å². The zero-order valence-corrected chi connectivity index (χ0v) is 12.2. The topological polar surface area (TPSA) is 43.4 Å². The SMILES string of the molecule is CC#CCCOc1ccc(S(=O)(=O)Cl)cc1Br. The van der Waals surface area contributed by atoms with Crippen LogP contribution in [-0.2, 0) is 9.05 Å². The second-order valence-electron chi connectivity index (χ2n) is 3.06. The van der Waals surface area contributed by atoms with Gasteiger partial charge in [-0.15, -0.1) is 11.8 Å². The molecule has 0 N–H and O–H groups in total. The van der Waals surface area contributed by atoms with Crippen molar-refractivity contribution in [1.82, 2.24) is 0 Å². The fourth-order valence-corrected chi connectivity index (χ4v) is 2.51. The van der Waals surface area contributed by atoms with Crippen molar-refractivity contribution in [2.75, 3.05) is 6.61 Å². The third-order valence-electron chi connectivity index (χ3n) is 1.85. The maximum absolute atomic E-state index is 11.1. The average molecular weight is 338 g/mol. The molecule has 0 spiro atoms. The molecule has 0 aliphatic heterocycles. The second-order valence-corrected chi connectivity index (χ2v) is 6.48. The molecule has 0 heterocycles. The predicted molar refractivity (Wildman–Crippen MR) is 70.7 cm³/mol. The standard InChI is InChI=1S/C11H10BrClO3S/c1-2-3-4-7-16-11-6-5-9(8-10(11)12)17(13,14)15/h5-6,8H,4,7H2,1H3. The van der Waals surface area contributed by atoms with E-state index in [1.54, 1.807) is 13.0 Å². The van der Waals surface area contributed by atoms with Crippen LogP contribution in [-0.4, -0.2) is 15.0 Å². The number of hydrogen-bond acceptors (Lipinski definition) is 3. The maximum Gasteiger partial charge on any atom is 0.261 e. The van der Waals surface area contributed by atoms with Gasteiger partial charge in [0.2, 0.25) is 0 Å². The van der Waals surface area contributed by atoms with E-state index in [1.165, 1.54) is 12.1 Å². The molecular formula is C11H10BrClO3S. The van der Waals surface area contributed by atoms with Gasteiger partial charge in [0.1, 0.15) is 5.75 Å². The van der Waals surface area contributed by atoms with Crippen molar-refractivity contribution in [1.29, 1.82) is 0 Å². The molecular weight excluding hydrogens is 328 g/mol. The van der Waals surface area contributed by atoms with E-state index in [-0.39, 0.29) is 4.90 Å². The summed E-state index contributed by atoms with van der Waals surface area (Å²) in [7, 11) is 1.51. The normalized spacial score (nSPS) is 10.5. The van der Waals surface area contributed by atoms with Gasteiger partial charge in [-0.2, -0.15) is 0 Å². The molecule has 3 nitrogen and oxygen atoms in total. The lowest BCUT2D eigenvalue weighted by Crippen LogP contribution is -1.98. The summed E-state index contributed by atoms with van der Waals surface area (Å²) < 4.78 is 28.1. The van der Waals surface area contributed by atoms with Gasteiger partial charge in [-0.1, -0.05) is 0 Å². The molecule has 0 fully saturated rings. The van der Waals surface area contributed by atoms with Crippen LogP contribution in [0.2, 0.25) is 0 Å². The van der Waals surface area contributed by atoms with Gasteiger partial charge in [-0.05, 0) is 41.1 Å². The van der Waals surface area contributed by atoms with E-state index in [9.17, 15) is 8.42 Å². The fraction of sp³-hybridized carbons (Fsp3) is 0.273. The molecule has 1 aromatic rings. The summed E-state index contributed by atoms with van der Waals surface area (Å²) in [4.78, 5) is 0.0340. The Bertz CT molecular complexity index is 558. The number of ether oxygens (including phenoxy) is 1. The zero-order valence-electron chi connectivity index (χ0n) is 9.04. The Labute approximate surface area is 114 Å². The molecule has 0 saturated heterocycles. The first-order chi connectivity index (χ1) is 7.95. The van der Waals surface area contributed by atoms with Crippen LogP contribution in [0.5, 0.6) is 5.75 Å². The van der Waals surface area contributed by atoms with E-state index in [2.05, 4.69) is 27.8 Å². The maximum atomic E-state index is 11.1. The molecule has 1 aromatic carbocycles. The van der Waals surface area contributed by atoms with Crippen molar-refractivity contribution in [2.45, 2.75) is 18.2 Å². The summed E-state index contributed by atoms with van der Waals surface area (Å²) in [6.45, 7) is 2.21. The van der Waals surface area contributed by atoms with Crippen molar-refractivity contribution in [2.24, 2.45) is 0 Å². The van der Waals surface area contributed by atoms with E-state index in [0.717, 1.165) is 0 Å². The molecule has 0 atom stereocenters. The summed E-state index contributed by atoms with van der Waals surface area (Å²) in [5.41, 5.74) is 0. The Kier molecular flexibility index (Phi) is 5.31. The lowest BCUT2D eigenvalue weighted by atomic mass is 10.3. The van der Waals surface area contributed by atoms with Crippen LogP contribution in [0, 0.1) is 11.8 Å². The monoisotopic (exact) mass is 336 g/mol. The van der Waals surface area contributed by atoms with Gasteiger partial charge in [-0.25, -0.2) is 8.42 Å². The van der Waals surface area contributed by atoms with Gasteiger partial charge in [0.05, 0.1) is 16.0 Å². The molecule has 0 amide bonds. The number of hydrogen-bond donors (Lipinski definition) is 0. The van der Waals surface area contributed by atoms with Crippen molar-refractivity contribution >= 4 is 35.7 Å². The Balaban J connectivity index is 2.79. The van der Waals surface area contributed by atoms with Crippen LogP contribution in [0.4, 0.5) is 0 Å². The van der Waals surface area contributed by atoms with E-state index in [1.807, 2.05) is 0 Å². The molecule has 0 radical (unpaired) electrons. The molecule has 6 heteroatoms. The molecule has 0 unspecified atom stereocenters. The summed E-state index contributed by atoms with van der Waals surface area (Å²) >= 11 is 3.22. The Morgan fingerprint density at radius 3 is 2.71 bits per heavy atom. The van der Waals surface area contributed by atoms with Crippen molar-refractivity contribution in [3.63, 3.8) is 0 Å². The van der Waals surface area contributed by atoms with Gasteiger partial charge in [-0.3, -0.25) is 0 Å². The fourth-order valence-electron chi connectivity index (χ4n) is 1.09. The third-order valence-corrected chi connectivity index (χ3v) is 3.82. The van der Waals surface area contributed by atoms with Crippen LogP contribution in [0.3, 0.4) is 0 Å². The van der Waals surface area contributed by atoms with Crippen LogP contribution >= 0.6 is 26.6 Å². The molecule has 17 heavy (non-hydrogen) atoms. The van der Waals surface area contributed by atoms with Gasteiger partial charge in [0.25, 0.3) is 9.05 Å². The highest BCUT2D eigenvalue weighted by atomic mass is 79.9. The van der Waals surface area contributed by atoms with Gasteiger partial charge >= 0.3 is 0 Å². The lowest BCUT2D eigenvalue weighted by molar-refractivity contribution is 0.325. The molecule has 92 valence electrons. The summed E-state index contributed by atoms with van der Waals surface area (Å²) in [5.74, 6) is 6.19. The summed E-state index contributed by atoms with van der Waals surface area (Å²) in [6.07, 6.45) is 0.624. The van der Waals surface area contributed by atoms with Crippen molar-refractivity contribution < 1.29 is 13.2 Å². The predicted octanol–water partition coefficient (Wildman–Crippen LogP) is 3.17. The van der Waals surface area contributed by atoms with Crippen molar-refractivity contribution in [3.05, 3.63) is 22.7 Å². The summed E-state index contributed by atoms with van der Waals surface area (Å²) in [5, 5.41) is 0. The molecule has 0 aliphatic carbocycles. The minimum absolute atomic E-state index is 0.0340.